The van der Waals surface area contributed by atoms with Gasteiger partial charge in [0.1, 0.15) is 24.7 Å². The van der Waals surface area contributed by atoms with Crippen LogP contribution in [-0.2, 0) is 5.41 Å². The predicted molar refractivity (Wildman–Crippen MR) is 181 cm³/mol. The number of aliphatic hydroxyl groups is 2. The zero-order valence-corrected chi connectivity index (χ0v) is 25.2. The molecular formula is C41H36O4. The number of allylic oxidation sites excluding steroid dienone is 4. The molecule has 4 heteroatoms. The number of hydrogen-bond acceptors (Lipinski definition) is 4. The first-order valence-electron chi connectivity index (χ1n) is 15.6. The van der Waals surface area contributed by atoms with E-state index in [0.29, 0.717) is 0 Å². The van der Waals surface area contributed by atoms with E-state index in [-0.39, 0.29) is 26.4 Å². The Kier molecular flexibility index (Phi) is 8.08. The average molecular weight is 593 g/mol. The molecule has 0 amide bonds. The normalized spacial score (nSPS) is 14.4. The second-order valence-corrected chi connectivity index (χ2v) is 11.4. The third-order valence-electron chi connectivity index (χ3n) is 8.87. The SMILES string of the molecule is OCCOc1ccc(C2(c3ccc(OCCO)c(-c4ccccc4)c3)c3ccccc3-c3ccccc32)cc1C1=CCCC=C1. The third kappa shape index (κ3) is 5.06. The summed E-state index contributed by atoms with van der Waals surface area (Å²) in [6.07, 6.45) is 8.66. The molecule has 7 rings (SSSR count). The Labute approximate surface area is 264 Å². The highest BCUT2D eigenvalue weighted by Gasteiger charge is 2.46. The van der Waals surface area contributed by atoms with Crippen molar-refractivity contribution in [1.82, 2.24) is 0 Å². The van der Waals surface area contributed by atoms with Gasteiger partial charge < -0.3 is 19.7 Å². The molecule has 0 saturated heterocycles. The molecule has 0 spiro atoms. The van der Waals surface area contributed by atoms with Gasteiger partial charge in [-0.15, -0.1) is 0 Å². The van der Waals surface area contributed by atoms with Crippen molar-refractivity contribution >= 4 is 5.57 Å². The van der Waals surface area contributed by atoms with Crippen LogP contribution in [0.4, 0.5) is 0 Å². The van der Waals surface area contributed by atoms with Crippen LogP contribution in [0.15, 0.2) is 133 Å². The van der Waals surface area contributed by atoms with Gasteiger partial charge in [0.25, 0.3) is 0 Å². The van der Waals surface area contributed by atoms with Gasteiger partial charge in [-0.25, -0.2) is 0 Å². The lowest BCUT2D eigenvalue weighted by molar-refractivity contribution is 0.201. The molecule has 5 aromatic carbocycles. The lowest BCUT2D eigenvalue weighted by Gasteiger charge is -2.35. The fourth-order valence-corrected chi connectivity index (χ4v) is 7.00. The van der Waals surface area contributed by atoms with E-state index in [1.165, 1.54) is 22.3 Å². The van der Waals surface area contributed by atoms with Crippen LogP contribution in [0, 0.1) is 0 Å². The van der Waals surface area contributed by atoms with E-state index in [1.54, 1.807) is 0 Å². The minimum Gasteiger partial charge on any atom is -0.491 e. The van der Waals surface area contributed by atoms with Crippen molar-refractivity contribution in [3.63, 3.8) is 0 Å². The van der Waals surface area contributed by atoms with Crippen molar-refractivity contribution in [1.29, 1.82) is 0 Å². The lowest BCUT2D eigenvalue weighted by atomic mass is 9.67. The van der Waals surface area contributed by atoms with Gasteiger partial charge in [-0.1, -0.05) is 109 Å². The molecule has 45 heavy (non-hydrogen) atoms. The first-order chi connectivity index (χ1) is 22.3. The first-order valence-corrected chi connectivity index (χ1v) is 15.6. The summed E-state index contributed by atoms with van der Waals surface area (Å²) >= 11 is 0. The van der Waals surface area contributed by atoms with Crippen LogP contribution in [0.1, 0.15) is 40.7 Å². The maximum atomic E-state index is 9.58. The molecule has 224 valence electrons. The Balaban J connectivity index is 1.54. The third-order valence-corrected chi connectivity index (χ3v) is 8.87. The van der Waals surface area contributed by atoms with E-state index in [4.69, 9.17) is 9.47 Å². The molecule has 0 saturated carbocycles. The molecule has 4 nitrogen and oxygen atoms in total. The Morgan fingerprint density at radius 1 is 0.556 bits per heavy atom. The summed E-state index contributed by atoms with van der Waals surface area (Å²) in [4.78, 5) is 0. The fraction of sp³-hybridized carbons (Fsp3) is 0.171. The van der Waals surface area contributed by atoms with Gasteiger partial charge in [0.2, 0.25) is 0 Å². The van der Waals surface area contributed by atoms with Crippen LogP contribution in [0.25, 0.3) is 27.8 Å². The Morgan fingerprint density at radius 2 is 1.11 bits per heavy atom. The summed E-state index contributed by atoms with van der Waals surface area (Å²) in [6, 6.07) is 40.7. The number of rotatable bonds is 10. The monoisotopic (exact) mass is 592 g/mol. The van der Waals surface area contributed by atoms with Gasteiger partial charge in [0.05, 0.1) is 18.6 Å². The van der Waals surface area contributed by atoms with E-state index < -0.39 is 5.41 Å². The second-order valence-electron chi connectivity index (χ2n) is 11.4. The lowest BCUT2D eigenvalue weighted by Crippen LogP contribution is -2.29. The maximum Gasteiger partial charge on any atom is 0.127 e. The zero-order valence-electron chi connectivity index (χ0n) is 25.2. The maximum absolute atomic E-state index is 9.58. The van der Waals surface area contributed by atoms with E-state index >= 15 is 0 Å². The van der Waals surface area contributed by atoms with Crippen molar-refractivity contribution < 1.29 is 19.7 Å². The van der Waals surface area contributed by atoms with Gasteiger partial charge in [-0.05, 0) is 81.6 Å². The summed E-state index contributed by atoms with van der Waals surface area (Å²) < 4.78 is 12.2. The van der Waals surface area contributed by atoms with Crippen molar-refractivity contribution in [2.24, 2.45) is 0 Å². The molecule has 0 radical (unpaired) electrons. The molecule has 2 N–H and O–H groups in total. The predicted octanol–water partition coefficient (Wildman–Crippen LogP) is 8.19. The van der Waals surface area contributed by atoms with E-state index in [1.807, 2.05) is 24.3 Å². The number of ether oxygens (including phenoxy) is 2. The van der Waals surface area contributed by atoms with Crippen LogP contribution >= 0.6 is 0 Å². The Bertz CT molecular complexity index is 1840. The van der Waals surface area contributed by atoms with Crippen LogP contribution in [0.5, 0.6) is 11.5 Å². The van der Waals surface area contributed by atoms with E-state index in [2.05, 4.69) is 109 Å². The summed E-state index contributed by atoms with van der Waals surface area (Å²) in [6.45, 7) is 0.347. The van der Waals surface area contributed by atoms with Crippen molar-refractivity contribution in [3.05, 3.63) is 161 Å². The molecule has 0 atom stereocenters. The van der Waals surface area contributed by atoms with Gasteiger partial charge in [0.15, 0.2) is 0 Å². The van der Waals surface area contributed by atoms with Crippen LogP contribution in [-0.4, -0.2) is 36.6 Å². The molecule has 0 aliphatic heterocycles. The quantitative estimate of drug-likeness (QED) is 0.168. The summed E-state index contributed by atoms with van der Waals surface area (Å²) in [5.41, 5.74) is 10.7. The minimum absolute atomic E-state index is 0.0479. The molecule has 0 bridgehead atoms. The summed E-state index contributed by atoms with van der Waals surface area (Å²) in [5, 5.41) is 19.2. The molecule has 0 fully saturated rings. The van der Waals surface area contributed by atoms with Crippen molar-refractivity contribution in [2.45, 2.75) is 18.3 Å². The van der Waals surface area contributed by atoms with Gasteiger partial charge >= 0.3 is 0 Å². The fourth-order valence-electron chi connectivity index (χ4n) is 7.00. The highest BCUT2D eigenvalue weighted by Crippen LogP contribution is 2.57. The van der Waals surface area contributed by atoms with Crippen LogP contribution in [0.3, 0.4) is 0 Å². The Hall–Kier alpha value is -4.90. The topological polar surface area (TPSA) is 58.9 Å². The van der Waals surface area contributed by atoms with Gasteiger partial charge in [-0.2, -0.15) is 0 Å². The second kappa shape index (κ2) is 12.6. The molecule has 0 aromatic heterocycles. The summed E-state index contributed by atoms with van der Waals surface area (Å²) in [5.74, 6) is 1.50. The van der Waals surface area contributed by atoms with Crippen molar-refractivity contribution in [2.75, 3.05) is 26.4 Å². The van der Waals surface area contributed by atoms with Crippen LogP contribution in [0.2, 0.25) is 0 Å². The smallest absolute Gasteiger partial charge is 0.127 e. The standard InChI is InChI=1S/C41H36O4/c42-23-25-44-39-21-19-31(27-35(39)29-11-3-1-4-12-29)41(37-17-9-7-15-33(37)34-16-8-10-18-38(34)41)32-20-22-40(45-26-24-43)36(28-32)30-13-5-2-6-14-30/h1,3-5,7-22,27-28,42-43H,2,6,23-26H2. The zero-order chi connectivity index (χ0) is 30.6. The minimum atomic E-state index is -0.630. The van der Waals surface area contributed by atoms with Gasteiger partial charge in [-0.3, -0.25) is 0 Å². The molecular weight excluding hydrogens is 556 g/mol. The average Bonchev–Trinajstić information content (AvgIpc) is 3.41. The number of aliphatic hydroxyl groups excluding tert-OH is 2. The Morgan fingerprint density at radius 3 is 1.69 bits per heavy atom. The molecule has 0 unspecified atom stereocenters. The van der Waals surface area contributed by atoms with Crippen molar-refractivity contribution in [3.8, 4) is 33.8 Å². The highest BCUT2D eigenvalue weighted by atomic mass is 16.5. The molecule has 2 aliphatic rings. The summed E-state index contributed by atoms with van der Waals surface area (Å²) in [7, 11) is 0. The largest absolute Gasteiger partial charge is 0.491 e. The molecule has 2 aliphatic carbocycles. The van der Waals surface area contributed by atoms with Crippen LogP contribution < -0.4 is 9.47 Å². The molecule has 0 heterocycles. The van der Waals surface area contributed by atoms with E-state index in [9.17, 15) is 10.2 Å². The number of benzene rings is 5. The van der Waals surface area contributed by atoms with Gasteiger partial charge in [0, 0.05) is 11.1 Å². The molecule has 5 aromatic rings. The first kappa shape index (κ1) is 28.8. The van der Waals surface area contributed by atoms with E-state index in [0.717, 1.165) is 57.7 Å². The highest BCUT2D eigenvalue weighted by molar-refractivity contribution is 5.88. The number of fused-ring (bicyclic) bond motifs is 3. The number of hydrogen-bond donors (Lipinski definition) is 2.